The highest BCUT2D eigenvalue weighted by atomic mass is 32.2. The Labute approximate surface area is 199 Å². The summed E-state index contributed by atoms with van der Waals surface area (Å²) >= 11 is 5.17. The summed E-state index contributed by atoms with van der Waals surface area (Å²) in [4.78, 5) is 12.2. The van der Waals surface area contributed by atoms with Crippen molar-refractivity contribution in [3.63, 3.8) is 0 Å². The molecule has 0 fully saturated rings. The van der Waals surface area contributed by atoms with Gasteiger partial charge in [0.2, 0.25) is 5.91 Å². The smallest absolute Gasteiger partial charge is 0.261 e. The molecule has 0 aliphatic heterocycles. The Hall–Kier alpha value is -3.49. The van der Waals surface area contributed by atoms with Crippen molar-refractivity contribution in [2.24, 2.45) is 0 Å². The van der Waals surface area contributed by atoms with Gasteiger partial charge in [0, 0.05) is 17.5 Å². The molecule has 6 nitrogen and oxygen atoms in total. The molecule has 0 heterocycles. The van der Waals surface area contributed by atoms with E-state index in [9.17, 15) is 13.2 Å². The second kappa shape index (κ2) is 10.4. The fourth-order valence-electron chi connectivity index (χ4n) is 2.90. The number of rotatable bonds is 6. The van der Waals surface area contributed by atoms with Gasteiger partial charge < -0.3 is 5.32 Å². The van der Waals surface area contributed by atoms with Gasteiger partial charge in [-0.2, -0.15) is 0 Å². The van der Waals surface area contributed by atoms with Crippen molar-refractivity contribution in [3.05, 3.63) is 95.1 Å². The van der Waals surface area contributed by atoms with Crippen molar-refractivity contribution in [2.75, 3.05) is 10.0 Å². The topological polar surface area (TPSA) is 87.3 Å². The summed E-state index contributed by atoms with van der Waals surface area (Å²) in [6, 6.07) is 19.2. The van der Waals surface area contributed by atoms with Crippen LogP contribution in [0.3, 0.4) is 0 Å². The number of anilines is 2. The minimum absolute atomic E-state index is 0.109. The molecule has 0 unspecified atom stereocenters. The number of hydrogen-bond donors (Lipinski definition) is 3. The van der Waals surface area contributed by atoms with Gasteiger partial charge in [0.25, 0.3) is 10.0 Å². The van der Waals surface area contributed by atoms with E-state index < -0.39 is 10.0 Å². The van der Waals surface area contributed by atoms with E-state index >= 15 is 0 Å². The molecule has 0 saturated heterocycles. The number of amides is 1. The SMILES string of the molecule is Cc1ccc(/C=C/C(=O)NC(=S)Nc2ccc(S(=O)(=O)Nc3ccc(C)c(C)c3)cc2)cc1. The van der Waals surface area contributed by atoms with Gasteiger partial charge in [0.1, 0.15) is 0 Å². The maximum atomic E-state index is 12.7. The third-order valence-corrected chi connectivity index (χ3v) is 6.52. The second-order valence-corrected chi connectivity index (χ2v) is 9.71. The van der Waals surface area contributed by atoms with E-state index in [2.05, 4.69) is 15.4 Å². The molecule has 0 radical (unpaired) electrons. The number of sulfonamides is 1. The van der Waals surface area contributed by atoms with E-state index in [0.717, 1.165) is 22.3 Å². The van der Waals surface area contributed by atoms with E-state index in [1.54, 1.807) is 30.3 Å². The lowest BCUT2D eigenvalue weighted by Gasteiger charge is -2.11. The molecule has 8 heteroatoms. The van der Waals surface area contributed by atoms with Crippen LogP contribution in [-0.2, 0) is 14.8 Å². The van der Waals surface area contributed by atoms with Crippen LogP contribution in [0.2, 0.25) is 0 Å². The summed E-state index contributed by atoms with van der Waals surface area (Å²) in [5.41, 5.74) is 5.18. The number of benzene rings is 3. The third kappa shape index (κ3) is 7.00. The highest BCUT2D eigenvalue weighted by Gasteiger charge is 2.14. The zero-order valence-electron chi connectivity index (χ0n) is 18.5. The number of carbonyl (C=O) groups excluding carboxylic acids is 1. The maximum Gasteiger partial charge on any atom is 0.261 e. The van der Waals surface area contributed by atoms with E-state index in [0.29, 0.717) is 11.4 Å². The number of thiocarbonyl (C=S) groups is 1. The Morgan fingerprint density at radius 3 is 2.12 bits per heavy atom. The molecule has 0 saturated carbocycles. The van der Waals surface area contributed by atoms with Gasteiger partial charge in [0.15, 0.2) is 5.11 Å². The van der Waals surface area contributed by atoms with E-state index in [4.69, 9.17) is 12.2 Å². The fourth-order valence-corrected chi connectivity index (χ4v) is 4.17. The Kier molecular flexibility index (Phi) is 7.63. The molecule has 0 aliphatic carbocycles. The summed E-state index contributed by atoms with van der Waals surface area (Å²) in [6.07, 6.45) is 3.09. The molecule has 0 atom stereocenters. The van der Waals surface area contributed by atoms with Gasteiger partial charge in [-0.15, -0.1) is 0 Å². The lowest BCUT2D eigenvalue weighted by atomic mass is 10.1. The molecule has 0 aromatic heterocycles. The molecule has 33 heavy (non-hydrogen) atoms. The highest BCUT2D eigenvalue weighted by Crippen LogP contribution is 2.20. The highest BCUT2D eigenvalue weighted by molar-refractivity contribution is 7.92. The molecular formula is C25H25N3O3S2. The van der Waals surface area contributed by atoms with Gasteiger partial charge in [-0.05, 0) is 92.2 Å². The fraction of sp³-hybridized carbons (Fsp3) is 0.120. The summed E-state index contributed by atoms with van der Waals surface area (Å²) in [5.74, 6) is -0.370. The minimum atomic E-state index is -3.73. The lowest BCUT2D eigenvalue weighted by molar-refractivity contribution is -0.115. The molecule has 0 bridgehead atoms. The predicted octanol–water partition coefficient (Wildman–Crippen LogP) is 4.94. The van der Waals surface area contributed by atoms with Crippen LogP contribution in [0.1, 0.15) is 22.3 Å². The second-order valence-electron chi connectivity index (χ2n) is 7.62. The molecule has 3 aromatic rings. The third-order valence-electron chi connectivity index (χ3n) is 4.92. The molecule has 3 aromatic carbocycles. The van der Waals surface area contributed by atoms with Gasteiger partial charge in [-0.1, -0.05) is 35.9 Å². The Balaban J connectivity index is 1.57. The Morgan fingerprint density at radius 2 is 1.48 bits per heavy atom. The zero-order valence-corrected chi connectivity index (χ0v) is 20.2. The summed E-state index contributed by atoms with van der Waals surface area (Å²) in [7, 11) is -3.73. The molecule has 1 amide bonds. The number of aryl methyl sites for hydroxylation is 3. The standard InChI is InChI=1S/C25H25N3O3S2/c1-17-4-7-20(8-5-17)9-15-24(29)27-25(32)26-21-11-13-23(14-12-21)33(30,31)28-22-10-6-18(2)19(3)16-22/h4-16,28H,1-3H3,(H2,26,27,29,32)/b15-9+. The van der Waals surface area contributed by atoms with Crippen LogP contribution >= 0.6 is 12.2 Å². The monoisotopic (exact) mass is 479 g/mol. The van der Waals surface area contributed by atoms with Crippen molar-refractivity contribution in [3.8, 4) is 0 Å². The molecule has 170 valence electrons. The first-order valence-electron chi connectivity index (χ1n) is 10.2. The van der Waals surface area contributed by atoms with Crippen LogP contribution in [0.25, 0.3) is 6.08 Å². The zero-order chi connectivity index (χ0) is 24.0. The van der Waals surface area contributed by atoms with Crippen molar-refractivity contribution in [1.82, 2.24) is 5.32 Å². The van der Waals surface area contributed by atoms with E-state index in [1.807, 2.05) is 51.1 Å². The number of nitrogens with one attached hydrogen (secondary N) is 3. The summed E-state index contributed by atoms with van der Waals surface area (Å²) in [5, 5.41) is 5.54. The maximum absolute atomic E-state index is 12.7. The van der Waals surface area contributed by atoms with Gasteiger partial charge in [-0.3, -0.25) is 14.8 Å². The average molecular weight is 480 g/mol. The van der Waals surface area contributed by atoms with E-state index in [-0.39, 0.29) is 15.9 Å². The normalized spacial score (nSPS) is 11.2. The molecule has 3 N–H and O–H groups in total. The van der Waals surface area contributed by atoms with Crippen LogP contribution in [0.5, 0.6) is 0 Å². The first kappa shape index (κ1) is 24.2. The van der Waals surface area contributed by atoms with E-state index in [1.165, 1.54) is 18.2 Å². The Bertz CT molecular complexity index is 1300. The van der Waals surface area contributed by atoms with Crippen LogP contribution < -0.4 is 15.4 Å². The van der Waals surface area contributed by atoms with Crippen LogP contribution in [-0.4, -0.2) is 19.4 Å². The average Bonchev–Trinajstić information content (AvgIpc) is 2.76. The lowest BCUT2D eigenvalue weighted by Crippen LogP contribution is -2.32. The number of hydrogen-bond acceptors (Lipinski definition) is 4. The van der Waals surface area contributed by atoms with Crippen LogP contribution in [0, 0.1) is 20.8 Å². The van der Waals surface area contributed by atoms with Crippen molar-refractivity contribution in [2.45, 2.75) is 25.7 Å². The predicted molar refractivity (Wildman–Crippen MR) is 138 cm³/mol. The first-order chi connectivity index (χ1) is 15.6. The minimum Gasteiger partial charge on any atom is -0.332 e. The quantitative estimate of drug-likeness (QED) is 0.344. The van der Waals surface area contributed by atoms with Crippen LogP contribution in [0.4, 0.5) is 11.4 Å². The van der Waals surface area contributed by atoms with Crippen LogP contribution in [0.15, 0.2) is 77.7 Å². The summed E-state index contributed by atoms with van der Waals surface area (Å²) < 4.78 is 27.9. The number of carbonyl (C=O) groups is 1. The van der Waals surface area contributed by atoms with Crippen molar-refractivity contribution < 1.29 is 13.2 Å². The van der Waals surface area contributed by atoms with Crippen molar-refractivity contribution >= 4 is 50.7 Å². The first-order valence-corrected chi connectivity index (χ1v) is 12.1. The molecule has 0 spiro atoms. The largest absolute Gasteiger partial charge is 0.332 e. The molecular weight excluding hydrogens is 454 g/mol. The van der Waals surface area contributed by atoms with Crippen molar-refractivity contribution in [1.29, 1.82) is 0 Å². The molecule has 3 rings (SSSR count). The Morgan fingerprint density at radius 1 is 0.848 bits per heavy atom. The van der Waals surface area contributed by atoms with Gasteiger partial charge in [0.05, 0.1) is 4.90 Å². The molecule has 0 aliphatic rings. The van der Waals surface area contributed by atoms with Gasteiger partial charge >= 0.3 is 0 Å². The van der Waals surface area contributed by atoms with Gasteiger partial charge in [-0.25, -0.2) is 8.42 Å². The summed E-state index contributed by atoms with van der Waals surface area (Å²) in [6.45, 7) is 5.88.